The van der Waals surface area contributed by atoms with Crippen LogP contribution < -0.4 is 0 Å². The fourth-order valence-corrected chi connectivity index (χ4v) is 5.63. The van der Waals surface area contributed by atoms with E-state index >= 15 is 0 Å². The van der Waals surface area contributed by atoms with Crippen molar-refractivity contribution in [3.05, 3.63) is 29.8 Å². The zero-order valence-electron chi connectivity index (χ0n) is 16.3. The number of halogens is 2. The lowest BCUT2D eigenvalue weighted by Crippen LogP contribution is -2.54. The van der Waals surface area contributed by atoms with Crippen molar-refractivity contribution in [3.63, 3.8) is 0 Å². The number of sulfonamides is 1. The number of hydrogen-bond donors (Lipinski definition) is 0. The summed E-state index contributed by atoms with van der Waals surface area (Å²) in [4.78, 5) is 15.9. The summed E-state index contributed by atoms with van der Waals surface area (Å²) < 4.78 is 53.8. The molecule has 0 unspecified atom stereocenters. The topological polar surface area (TPSA) is 60.9 Å². The van der Waals surface area contributed by atoms with Gasteiger partial charge in [0, 0.05) is 38.3 Å². The van der Waals surface area contributed by atoms with Gasteiger partial charge in [-0.25, -0.2) is 17.2 Å². The Morgan fingerprint density at radius 1 is 1.07 bits per heavy atom. The van der Waals surface area contributed by atoms with Gasteiger partial charge in [-0.15, -0.1) is 0 Å². The highest BCUT2D eigenvalue weighted by Crippen LogP contribution is 2.24. The quantitative estimate of drug-likeness (QED) is 0.755. The van der Waals surface area contributed by atoms with Crippen LogP contribution in [0, 0.1) is 11.6 Å². The predicted octanol–water partition coefficient (Wildman–Crippen LogP) is 2.06. The molecule has 2 aliphatic rings. The minimum atomic E-state index is -4.11. The molecule has 1 aromatic carbocycles. The summed E-state index contributed by atoms with van der Waals surface area (Å²) in [7, 11) is -4.11. The summed E-state index contributed by atoms with van der Waals surface area (Å²) in [6, 6.07) is 2.85. The van der Waals surface area contributed by atoms with Crippen molar-refractivity contribution in [2.24, 2.45) is 0 Å². The van der Waals surface area contributed by atoms with E-state index in [1.165, 1.54) is 0 Å². The molecule has 0 spiro atoms. The number of nitrogens with zero attached hydrogens (tertiary/aromatic N) is 3. The Kier molecular flexibility index (Phi) is 6.36. The highest BCUT2D eigenvalue weighted by molar-refractivity contribution is 7.89. The van der Waals surface area contributed by atoms with E-state index in [0.717, 1.165) is 35.7 Å². The van der Waals surface area contributed by atoms with Crippen molar-refractivity contribution in [1.29, 1.82) is 0 Å². The van der Waals surface area contributed by atoms with Gasteiger partial charge in [-0.2, -0.15) is 4.31 Å². The van der Waals surface area contributed by atoms with Crippen LogP contribution in [0.25, 0.3) is 0 Å². The fraction of sp³-hybridized carbons (Fsp3) is 0.632. The average Bonchev–Trinajstić information content (AvgIpc) is 2.64. The smallest absolute Gasteiger partial charge is 0.246 e. The largest absolute Gasteiger partial charge is 0.336 e. The molecule has 0 aromatic heterocycles. The van der Waals surface area contributed by atoms with Gasteiger partial charge in [0.1, 0.15) is 16.5 Å². The van der Waals surface area contributed by atoms with Crippen molar-refractivity contribution in [3.8, 4) is 0 Å². The molecular formula is C19H27F2N3O3S. The number of carbonyl (C=O) groups is 1. The molecule has 28 heavy (non-hydrogen) atoms. The molecule has 6 nitrogen and oxygen atoms in total. The van der Waals surface area contributed by atoms with E-state index < -0.39 is 26.6 Å². The van der Waals surface area contributed by atoms with E-state index in [0.29, 0.717) is 19.2 Å². The minimum absolute atomic E-state index is 0.0622. The van der Waals surface area contributed by atoms with Gasteiger partial charge in [0.15, 0.2) is 0 Å². The van der Waals surface area contributed by atoms with Crippen LogP contribution in [0.15, 0.2) is 23.1 Å². The Balaban J connectivity index is 1.61. The number of hydrogen-bond acceptors (Lipinski definition) is 4. The summed E-state index contributed by atoms with van der Waals surface area (Å²) in [5, 5.41) is 0. The minimum Gasteiger partial charge on any atom is -0.336 e. The van der Waals surface area contributed by atoms with Crippen LogP contribution in [0.3, 0.4) is 0 Å². The van der Waals surface area contributed by atoms with Crippen LogP contribution in [-0.4, -0.2) is 73.2 Å². The molecule has 0 radical (unpaired) electrons. The van der Waals surface area contributed by atoms with E-state index in [-0.39, 0.29) is 37.6 Å². The average molecular weight is 416 g/mol. The standard InChI is InChI=1S/C19H27F2N3O3S/c1-14-4-3-5-15(2)24(14)19(25)13-22-8-10-23(11-9-22)28(26,27)18-12-16(20)6-7-17(18)21/h6-7,12,14-15H,3-5,8-11,13H2,1-2H3/t14-,15-/m1/s1. The van der Waals surface area contributed by atoms with Crippen molar-refractivity contribution < 1.29 is 22.0 Å². The van der Waals surface area contributed by atoms with Crippen LogP contribution in [0.4, 0.5) is 8.78 Å². The maximum atomic E-state index is 13.9. The summed E-state index contributed by atoms with van der Waals surface area (Å²) in [6.07, 6.45) is 3.13. The van der Waals surface area contributed by atoms with Gasteiger partial charge in [0.25, 0.3) is 0 Å². The molecule has 2 atom stereocenters. The fourth-order valence-electron chi connectivity index (χ4n) is 4.13. The van der Waals surface area contributed by atoms with Crippen molar-refractivity contribution in [2.45, 2.75) is 50.1 Å². The van der Waals surface area contributed by atoms with E-state index in [1.807, 2.05) is 9.80 Å². The zero-order valence-corrected chi connectivity index (χ0v) is 17.1. The third-order valence-corrected chi connectivity index (χ3v) is 7.60. The van der Waals surface area contributed by atoms with Crippen LogP contribution >= 0.6 is 0 Å². The molecule has 156 valence electrons. The third kappa shape index (κ3) is 4.36. The molecule has 2 heterocycles. The first-order valence-electron chi connectivity index (χ1n) is 9.69. The highest BCUT2D eigenvalue weighted by Gasteiger charge is 2.33. The van der Waals surface area contributed by atoms with Crippen LogP contribution in [0.2, 0.25) is 0 Å². The lowest BCUT2D eigenvalue weighted by atomic mass is 9.97. The van der Waals surface area contributed by atoms with Crippen molar-refractivity contribution >= 4 is 15.9 Å². The Bertz CT molecular complexity index is 816. The first-order chi connectivity index (χ1) is 13.2. The first-order valence-corrected chi connectivity index (χ1v) is 11.1. The van der Waals surface area contributed by atoms with E-state index in [2.05, 4.69) is 13.8 Å². The first kappa shape index (κ1) is 21.1. The molecule has 2 aliphatic heterocycles. The molecule has 0 bridgehead atoms. The number of piperidine rings is 1. The van der Waals surface area contributed by atoms with Gasteiger partial charge < -0.3 is 4.90 Å². The number of amides is 1. The molecule has 0 saturated carbocycles. The van der Waals surface area contributed by atoms with Crippen LogP contribution in [-0.2, 0) is 14.8 Å². The Labute approximate surface area is 165 Å². The van der Waals surface area contributed by atoms with Crippen LogP contribution in [0.1, 0.15) is 33.1 Å². The predicted molar refractivity (Wildman–Crippen MR) is 101 cm³/mol. The molecular weight excluding hydrogens is 388 g/mol. The maximum Gasteiger partial charge on any atom is 0.246 e. The zero-order chi connectivity index (χ0) is 20.5. The molecule has 1 amide bonds. The number of carbonyl (C=O) groups excluding carboxylic acids is 1. The van der Waals surface area contributed by atoms with Gasteiger partial charge in [-0.3, -0.25) is 9.69 Å². The second-order valence-electron chi connectivity index (χ2n) is 7.68. The Morgan fingerprint density at radius 3 is 2.29 bits per heavy atom. The Morgan fingerprint density at radius 2 is 1.68 bits per heavy atom. The van der Waals surface area contributed by atoms with Crippen molar-refractivity contribution in [1.82, 2.24) is 14.1 Å². The van der Waals surface area contributed by atoms with E-state index in [1.54, 1.807) is 0 Å². The summed E-state index contributed by atoms with van der Waals surface area (Å²) in [6.45, 7) is 5.39. The highest BCUT2D eigenvalue weighted by atomic mass is 32.2. The van der Waals surface area contributed by atoms with Gasteiger partial charge in [-0.1, -0.05) is 0 Å². The SMILES string of the molecule is C[C@@H]1CCC[C@@H](C)N1C(=O)CN1CCN(S(=O)(=O)c2cc(F)ccc2F)CC1. The lowest BCUT2D eigenvalue weighted by molar-refractivity contribution is -0.138. The third-order valence-electron chi connectivity index (χ3n) is 5.68. The Hall–Kier alpha value is -1.58. The van der Waals surface area contributed by atoms with Gasteiger partial charge in [0.05, 0.1) is 6.54 Å². The van der Waals surface area contributed by atoms with E-state index in [4.69, 9.17) is 0 Å². The molecule has 2 saturated heterocycles. The van der Waals surface area contributed by atoms with Crippen LogP contribution in [0.5, 0.6) is 0 Å². The molecule has 1 aromatic rings. The second-order valence-corrected chi connectivity index (χ2v) is 9.59. The summed E-state index contributed by atoms with van der Waals surface area (Å²) >= 11 is 0. The van der Waals surface area contributed by atoms with Gasteiger partial charge >= 0.3 is 0 Å². The second kappa shape index (κ2) is 8.42. The molecule has 9 heteroatoms. The molecule has 2 fully saturated rings. The summed E-state index contributed by atoms with van der Waals surface area (Å²) in [5.41, 5.74) is 0. The van der Waals surface area contributed by atoms with Gasteiger partial charge in [-0.05, 0) is 51.3 Å². The maximum absolute atomic E-state index is 13.9. The summed E-state index contributed by atoms with van der Waals surface area (Å²) in [5.74, 6) is -1.70. The number of likely N-dealkylation sites (tertiary alicyclic amines) is 1. The number of piperazine rings is 1. The normalized spacial score (nSPS) is 25.1. The van der Waals surface area contributed by atoms with E-state index in [9.17, 15) is 22.0 Å². The van der Waals surface area contributed by atoms with Crippen molar-refractivity contribution in [2.75, 3.05) is 32.7 Å². The molecule has 0 N–H and O–H groups in total. The van der Waals surface area contributed by atoms with Gasteiger partial charge in [0.2, 0.25) is 15.9 Å². The molecule has 0 aliphatic carbocycles. The number of rotatable bonds is 4. The lowest BCUT2D eigenvalue weighted by Gasteiger charge is -2.41. The number of benzene rings is 1. The monoisotopic (exact) mass is 415 g/mol. The molecule has 3 rings (SSSR count).